The van der Waals surface area contributed by atoms with Gasteiger partial charge in [-0.25, -0.2) is 8.42 Å². The summed E-state index contributed by atoms with van der Waals surface area (Å²) in [6.45, 7) is 2.30. The van der Waals surface area contributed by atoms with Crippen molar-refractivity contribution >= 4 is 9.84 Å². The molecular weight excluding hydrogens is 252 g/mol. The summed E-state index contributed by atoms with van der Waals surface area (Å²) in [5.41, 5.74) is 5.80. The average molecular weight is 272 g/mol. The van der Waals surface area contributed by atoms with Crippen molar-refractivity contribution in [1.29, 1.82) is 0 Å². The first-order valence-corrected chi connectivity index (χ1v) is 7.94. The lowest BCUT2D eigenvalue weighted by Crippen LogP contribution is -2.39. The Morgan fingerprint density at radius 2 is 2.28 bits per heavy atom. The number of hydrogen-bond acceptors (Lipinski definition) is 5. The Hall–Kier alpha value is -0.850. The Morgan fingerprint density at radius 3 is 2.72 bits per heavy atom. The Bertz CT molecular complexity index is 509. The monoisotopic (exact) mass is 272 g/mol. The van der Waals surface area contributed by atoms with Crippen LogP contribution in [-0.2, 0) is 9.84 Å². The van der Waals surface area contributed by atoms with E-state index in [1.165, 1.54) is 0 Å². The Labute approximate surface area is 108 Å². The SMILES string of the molecule is Cc1ccc(C(CN)N(C)C2CCS(=O)(=O)C2)o1. The average Bonchev–Trinajstić information content (AvgIpc) is 2.86. The van der Waals surface area contributed by atoms with E-state index in [1.807, 2.05) is 31.0 Å². The number of nitrogens with two attached hydrogens (primary N) is 1. The topological polar surface area (TPSA) is 76.5 Å². The molecule has 0 saturated carbocycles. The number of sulfone groups is 1. The molecule has 0 spiro atoms. The van der Waals surface area contributed by atoms with E-state index in [0.717, 1.165) is 11.5 Å². The predicted octanol–water partition coefficient (Wildman–Crippen LogP) is 0.707. The minimum absolute atomic E-state index is 0.0361. The van der Waals surface area contributed by atoms with E-state index in [9.17, 15) is 8.42 Å². The van der Waals surface area contributed by atoms with E-state index in [2.05, 4.69) is 0 Å². The summed E-state index contributed by atoms with van der Waals surface area (Å²) in [6.07, 6.45) is 0.676. The molecule has 1 aliphatic rings. The predicted molar refractivity (Wildman–Crippen MR) is 70.1 cm³/mol. The highest BCUT2D eigenvalue weighted by molar-refractivity contribution is 7.91. The first kappa shape index (κ1) is 13.6. The summed E-state index contributed by atoms with van der Waals surface area (Å²) >= 11 is 0. The van der Waals surface area contributed by atoms with Gasteiger partial charge in [-0.2, -0.15) is 0 Å². The van der Waals surface area contributed by atoms with Crippen LogP contribution in [0.2, 0.25) is 0 Å². The number of nitrogens with zero attached hydrogens (tertiary/aromatic N) is 1. The van der Waals surface area contributed by atoms with Crippen LogP contribution in [0.5, 0.6) is 0 Å². The molecule has 2 heterocycles. The first-order chi connectivity index (χ1) is 8.43. The van der Waals surface area contributed by atoms with Gasteiger partial charge in [0.15, 0.2) is 9.84 Å². The van der Waals surface area contributed by atoms with Gasteiger partial charge in [0, 0.05) is 12.6 Å². The third-order valence-electron chi connectivity index (χ3n) is 3.59. The molecule has 2 rings (SSSR count). The van der Waals surface area contributed by atoms with Crippen molar-refractivity contribution in [3.63, 3.8) is 0 Å². The Balaban J connectivity index is 2.13. The molecule has 1 fully saturated rings. The third kappa shape index (κ3) is 2.76. The molecule has 102 valence electrons. The highest BCUT2D eigenvalue weighted by Gasteiger charge is 2.34. The summed E-state index contributed by atoms with van der Waals surface area (Å²) in [4.78, 5) is 2.03. The fourth-order valence-corrected chi connectivity index (χ4v) is 4.25. The van der Waals surface area contributed by atoms with Crippen molar-refractivity contribution in [2.24, 2.45) is 5.73 Å². The van der Waals surface area contributed by atoms with E-state index in [-0.39, 0.29) is 23.6 Å². The zero-order valence-electron chi connectivity index (χ0n) is 10.8. The minimum atomic E-state index is -2.87. The number of rotatable bonds is 4. The molecule has 0 bridgehead atoms. The molecule has 1 aromatic rings. The Kier molecular flexibility index (Phi) is 3.79. The van der Waals surface area contributed by atoms with Crippen molar-refractivity contribution in [3.05, 3.63) is 23.7 Å². The molecule has 0 aliphatic carbocycles. The lowest BCUT2D eigenvalue weighted by molar-refractivity contribution is 0.170. The lowest BCUT2D eigenvalue weighted by atomic mass is 10.1. The molecule has 0 aromatic carbocycles. The van der Waals surface area contributed by atoms with Gasteiger partial charge >= 0.3 is 0 Å². The molecule has 1 aliphatic heterocycles. The molecule has 6 heteroatoms. The second-order valence-electron chi connectivity index (χ2n) is 4.92. The summed E-state index contributed by atoms with van der Waals surface area (Å²) in [7, 11) is -0.955. The number of hydrogen-bond donors (Lipinski definition) is 1. The second kappa shape index (κ2) is 5.03. The van der Waals surface area contributed by atoms with Gasteiger partial charge in [0.2, 0.25) is 0 Å². The number of furan rings is 1. The molecule has 2 atom stereocenters. The molecule has 18 heavy (non-hydrogen) atoms. The molecule has 2 N–H and O–H groups in total. The van der Waals surface area contributed by atoms with Crippen LogP contribution in [0.4, 0.5) is 0 Å². The maximum absolute atomic E-state index is 11.5. The van der Waals surface area contributed by atoms with Crippen LogP contribution in [-0.4, -0.2) is 44.5 Å². The van der Waals surface area contributed by atoms with E-state index in [1.54, 1.807) is 0 Å². The highest BCUT2D eigenvalue weighted by atomic mass is 32.2. The highest BCUT2D eigenvalue weighted by Crippen LogP contribution is 2.26. The van der Waals surface area contributed by atoms with Crippen LogP contribution in [0.1, 0.15) is 24.0 Å². The second-order valence-corrected chi connectivity index (χ2v) is 7.15. The van der Waals surface area contributed by atoms with Crippen molar-refractivity contribution in [2.75, 3.05) is 25.1 Å². The minimum Gasteiger partial charge on any atom is -0.465 e. The van der Waals surface area contributed by atoms with Gasteiger partial charge in [0.1, 0.15) is 11.5 Å². The maximum Gasteiger partial charge on any atom is 0.151 e. The normalized spacial score (nSPS) is 24.6. The zero-order chi connectivity index (χ0) is 13.3. The molecule has 0 radical (unpaired) electrons. The fraction of sp³-hybridized carbons (Fsp3) is 0.667. The molecule has 2 unspecified atom stereocenters. The van der Waals surface area contributed by atoms with Gasteiger partial charge in [0.05, 0.1) is 17.5 Å². The third-order valence-corrected chi connectivity index (χ3v) is 5.34. The van der Waals surface area contributed by atoms with Crippen molar-refractivity contribution < 1.29 is 12.8 Å². The van der Waals surface area contributed by atoms with Gasteiger partial charge in [-0.05, 0) is 32.5 Å². The zero-order valence-corrected chi connectivity index (χ0v) is 11.6. The van der Waals surface area contributed by atoms with E-state index >= 15 is 0 Å². The summed E-state index contributed by atoms with van der Waals surface area (Å²) < 4.78 is 28.6. The summed E-state index contributed by atoms with van der Waals surface area (Å²) in [5.74, 6) is 2.15. The van der Waals surface area contributed by atoms with Gasteiger partial charge < -0.3 is 10.2 Å². The van der Waals surface area contributed by atoms with Crippen LogP contribution in [0, 0.1) is 6.92 Å². The van der Waals surface area contributed by atoms with E-state index < -0.39 is 9.84 Å². The van der Waals surface area contributed by atoms with Gasteiger partial charge in [-0.1, -0.05) is 0 Å². The quantitative estimate of drug-likeness (QED) is 0.873. The van der Waals surface area contributed by atoms with Crippen LogP contribution >= 0.6 is 0 Å². The van der Waals surface area contributed by atoms with Gasteiger partial charge in [0.25, 0.3) is 0 Å². The fourth-order valence-electron chi connectivity index (χ4n) is 2.47. The van der Waals surface area contributed by atoms with Gasteiger partial charge in [-0.3, -0.25) is 4.90 Å². The van der Waals surface area contributed by atoms with E-state index in [4.69, 9.17) is 10.2 Å². The summed E-state index contributed by atoms with van der Waals surface area (Å²) in [5, 5.41) is 0. The van der Waals surface area contributed by atoms with Crippen molar-refractivity contribution in [3.8, 4) is 0 Å². The van der Waals surface area contributed by atoms with Crippen molar-refractivity contribution in [1.82, 2.24) is 4.90 Å². The number of likely N-dealkylation sites (N-methyl/N-ethyl adjacent to an activating group) is 1. The standard InChI is InChI=1S/C12H20N2O3S/c1-9-3-4-12(17-9)11(7-13)14(2)10-5-6-18(15,16)8-10/h3-4,10-11H,5-8,13H2,1-2H3. The van der Waals surface area contributed by atoms with Crippen molar-refractivity contribution in [2.45, 2.75) is 25.4 Å². The largest absolute Gasteiger partial charge is 0.465 e. The van der Waals surface area contributed by atoms with E-state index in [0.29, 0.717) is 13.0 Å². The molecule has 1 saturated heterocycles. The summed E-state index contributed by atoms with van der Waals surface area (Å²) in [6, 6.07) is 3.79. The molecule has 5 nitrogen and oxygen atoms in total. The van der Waals surface area contributed by atoms with Crippen LogP contribution < -0.4 is 5.73 Å². The Morgan fingerprint density at radius 1 is 1.56 bits per heavy atom. The smallest absolute Gasteiger partial charge is 0.151 e. The number of aryl methyl sites for hydroxylation is 1. The lowest BCUT2D eigenvalue weighted by Gasteiger charge is -2.30. The van der Waals surface area contributed by atoms with Gasteiger partial charge in [-0.15, -0.1) is 0 Å². The van der Waals surface area contributed by atoms with Crippen LogP contribution in [0.3, 0.4) is 0 Å². The molecule has 1 aromatic heterocycles. The van der Waals surface area contributed by atoms with Crippen LogP contribution in [0.25, 0.3) is 0 Å². The molecular formula is C12H20N2O3S. The van der Waals surface area contributed by atoms with Crippen LogP contribution in [0.15, 0.2) is 16.5 Å². The molecule has 0 amide bonds. The first-order valence-electron chi connectivity index (χ1n) is 6.11. The maximum atomic E-state index is 11.5.